The molecule has 0 unspecified atom stereocenters. The van der Waals surface area contributed by atoms with Gasteiger partial charge in [-0.05, 0) is 22.4 Å². The van der Waals surface area contributed by atoms with Crippen molar-refractivity contribution in [1.29, 1.82) is 0 Å². The number of halogens is 4. The Morgan fingerprint density at radius 3 is 2.65 bits per heavy atom. The minimum absolute atomic E-state index is 0.247. The topological polar surface area (TPSA) is 37.9 Å². The summed E-state index contributed by atoms with van der Waals surface area (Å²) >= 11 is 8.22. The van der Waals surface area contributed by atoms with Gasteiger partial charge in [0.25, 0.3) is 0 Å². The molecule has 0 spiro atoms. The average Bonchev–Trinajstić information content (AvgIpc) is 2.21. The van der Waals surface area contributed by atoms with Crippen LogP contribution < -0.4 is 0 Å². The maximum Gasteiger partial charge on any atom is 0.411 e. The molecule has 0 fully saturated rings. The van der Waals surface area contributed by atoms with E-state index in [-0.39, 0.29) is 6.61 Å². The Morgan fingerprint density at radius 2 is 2.12 bits per heavy atom. The van der Waals surface area contributed by atoms with Gasteiger partial charge in [0, 0.05) is 5.69 Å². The molecular formula is C9H10BrF3N2OS. The standard InChI is InChI=1S/C9H10BrF3N2OS/c1-2-5-7(10)8(17)15-6(14-5)3-16-4-9(11,12)13/h2-4H2,1H3,(H,14,15,17). The van der Waals surface area contributed by atoms with Gasteiger partial charge in [0.05, 0.1) is 4.47 Å². The molecule has 17 heavy (non-hydrogen) atoms. The highest BCUT2D eigenvalue weighted by atomic mass is 79.9. The Morgan fingerprint density at radius 1 is 1.47 bits per heavy atom. The molecule has 1 N–H and O–H groups in total. The van der Waals surface area contributed by atoms with E-state index >= 15 is 0 Å². The van der Waals surface area contributed by atoms with Crippen LogP contribution in [-0.2, 0) is 17.8 Å². The van der Waals surface area contributed by atoms with Crippen molar-refractivity contribution in [2.24, 2.45) is 0 Å². The lowest BCUT2D eigenvalue weighted by atomic mass is 10.3. The zero-order valence-electron chi connectivity index (χ0n) is 8.90. The summed E-state index contributed by atoms with van der Waals surface area (Å²) in [6.07, 6.45) is -3.67. The van der Waals surface area contributed by atoms with Crippen LogP contribution in [0.3, 0.4) is 0 Å². The Kier molecular flexibility index (Phi) is 5.08. The van der Waals surface area contributed by atoms with Crippen molar-refractivity contribution in [1.82, 2.24) is 9.97 Å². The van der Waals surface area contributed by atoms with Gasteiger partial charge in [0.15, 0.2) is 0 Å². The van der Waals surface area contributed by atoms with Crippen LogP contribution in [-0.4, -0.2) is 22.8 Å². The number of aryl methyl sites for hydroxylation is 1. The highest BCUT2D eigenvalue weighted by Gasteiger charge is 2.27. The smallest absolute Gasteiger partial charge is 0.364 e. The predicted molar refractivity (Wildman–Crippen MR) is 62.2 cm³/mol. The number of aromatic amines is 1. The van der Waals surface area contributed by atoms with Crippen molar-refractivity contribution >= 4 is 28.1 Å². The molecule has 1 heterocycles. The number of alkyl halides is 3. The lowest BCUT2D eigenvalue weighted by Gasteiger charge is -2.09. The molecule has 0 aliphatic carbocycles. The Hall–Kier alpha value is -0.470. The van der Waals surface area contributed by atoms with Crippen LogP contribution in [0.1, 0.15) is 18.4 Å². The van der Waals surface area contributed by atoms with E-state index in [1.54, 1.807) is 0 Å². The molecule has 1 aromatic rings. The Bertz CT molecular complexity index is 447. The van der Waals surface area contributed by atoms with Crippen LogP contribution in [0, 0.1) is 4.64 Å². The van der Waals surface area contributed by atoms with Gasteiger partial charge in [0.1, 0.15) is 23.7 Å². The van der Waals surface area contributed by atoms with E-state index in [0.29, 0.717) is 21.4 Å². The first-order valence-corrected chi connectivity index (χ1v) is 5.95. The highest BCUT2D eigenvalue weighted by Crippen LogP contribution is 2.18. The SMILES string of the molecule is CCc1[nH]c(COCC(F)(F)F)nc(=S)c1Br. The first kappa shape index (κ1) is 14.6. The van der Waals surface area contributed by atoms with E-state index in [9.17, 15) is 13.2 Å². The lowest BCUT2D eigenvalue weighted by Crippen LogP contribution is -2.17. The van der Waals surface area contributed by atoms with Crippen molar-refractivity contribution in [3.8, 4) is 0 Å². The van der Waals surface area contributed by atoms with Crippen LogP contribution in [0.4, 0.5) is 13.2 Å². The van der Waals surface area contributed by atoms with E-state index in [2.05, 4.69) is 30.6 Å². The third-order valence-electron chi connectivity index (χ3n) is 1.84. The first-order chi connectivity index (χ1) is 7.83. The number of H-pyrrole nitrogens is 1. The van der Waals surface area contributed by atoms with Crippen LogP contribution in [0.5, 0.6) is 0 Å². The van der Waals surface area contributed by atoms with Gasteiger partial charge in [-0.1, -0.05) is 19.1 Å². The summed E-state index contributed by atoms with van der Waals surface area (Å²) in [7, 11) is 0. The number of aromatic nitrogens is 2. The number of hydrogen-bond donors (Lipinski definition) is 1. The van der Waals surface area contributed by atoms with Crippen molar-refractivity contribution in [3.63, 3.8) is 0 Å². The molecule has 0 aliphatic heterocycles. The molecule has 8 heteroatoms. The molecule has 0 aliphatic rings. The Labute approximate surface area is 110 Å². The second-order valence-corrected chi connectivity index (χ2v) is 4.42. The summed E-state index contributed by atoms with van der Waals surface area (Å²) in [4.78, 5) is 6.79. The van der Waals surface area contributed by atoms with Gasteiger partial charge >= 0.3 is 6.18 Å². The van der Waals surface area contributed by atoms with Gasteiger partial charge in [-0.25, -0.2) is 4.98 Å². The fraction of sp³-hybridized carbons (Fsp3) is 0.556. The molecule has 0 bridgehead atoms. The van der Waals surface area contributed by atoms with Crippen LogP contribution >= 0.6 is 28.1 Å². The normalized spacial score (nSPS) is 11.8. The molecular weight excluding hydrogens is 321 g/mol. The molecule has 0 atom stereocenters. The van der Waals surface area contributed by atoms with Gasteiger partial charge < -0.3 is 9.72 Å². The quantitative estimate of drug-likeness (QED) is 0.858. The summed E-state index contributed by atoms with van der Waals surface area (Å²) in [5, 5.41) is 0. The minimum atomic E-state index is -4.33. The molecule has 1 aromatic heterocycles. The van der Waals surface area contributed by atoms with Crippen molar-refractivity contribution in [2.75, 3.05) is 6.61 Å². The van der Waals surface area contributed by atoms with Crippen LogP contribution in [0.15, 0.2) is 4.47 Å². The van der Waals surface area contributed by atoms with Gasteiger partial charge in [0.2, 0.25) is 0 Å². The first-order valence-electron chi connectivity index (χ1n) is 4.75. The lowest BCUT2D eigenvalue weighted by molar-refractivity contribution is -0.177. The van der Waals surface area contributed by atoms with Gasteiger partial charge in [-0.15, -0.1) is 0 Å². The average molecular weight is 331 g/mol. The van der Waals surface area contributed by atoms with E-state index in [0.717, 1.165) is 5.69 Å². The molecule has 0 saturated heterocycles. The monoisotopic (exact) mass is 330 g/mol. The molecule has 0 amide bonds. The fourth-order valence-electron chi connectivity index (χ4n) is 1.13. The largest absolute Gasteiger partial charge is 0.411 e. The number of hydrogen-bond acceptors (Lipinski definition) is 3. The van der Waals surface area contributed by atoms with Crippen LogP contribution in [0.25, 0.3) is 0 Å². The van der Waals surface area contributed by atoms with E-state index < -0.39 is 12.8 Å². The van der Waals surface area contributed by atoms with Crippen molar-refractivity contribution in [3.05, 3.63) is 20.6 Å². The molecule has 0 saturated carbocycles. The van der Waals surface area contributed by atoms with E-state index in [1.165, 1.54) is 0 Å². The third-order valence-corrected chi connectivity index (χ3v) is 3.25. The summed E-state index contributed by atoms with van der Waals surface area (Å²) in [6, 6.07) is 0. The molecule has 0 radical (unpaired) electrons. The zero-order chi connectivity index (χ0) is 13.1. The summed E-state index contributed by atoms with van der Waals surface area (Å²) in [5.41, 5.74) is 0.788. The summed E-state index contributed by atoms with van der Waals surface area (Å²) < 4.78 is 41.1. The van der Waals surface area contributed by atoms with Crippen molar-refractivity contribution < 1.29 is 17.9 Å². The Balaban J connectivity index is 2.73. The minimum Gasteiger partial charge on any atom is -0.364 e. The molecule has 3 nitrogen and oxygen atoms in total. The molecule has 0 aromatic carbocycles. The van der Waals surface area contributed by atoms with E-state index in [4.69, 9.17) is 12.2 Å². The van der Waals surface area contributed by atoms with Crippen LogP contribution in [0.2, 0.25) is 0 Å². The van der Waals surface area contributed by atoms with Gasteiger partial charge in [-0.2, -0.15) is 13.2 Å². The second kappa shape index (κ2) is 5.92. The van der Waals surface area contributed by atoms with Gasteiger partial charge in [-0.3, -0.25) is 0 Å². The number of ether oxygens (including phenoxy) is 1. The number of nitrogens with one attached hydrogen (secondary N) is 1. The zero-order valence-corrected chi connectivity index (χ0v) is 11.3. The fourth-order valence-corrected chi connectivity index (χ4v) is 1.83. The summed E-state index contributed by atoms with van der Waals surface area (Å²) in [5.74, 6) is 0.291. The maximum atomic E-state index is 11.9. The summed E-state index contributed by atoms with van der Waals surface area (Å²) in [6.45, 7) is 0.349. The molecule has 96 valence electrons. The number of nitrogens with zero attached hydrogens (tertiary/aromatic N) is 1. The highest BCUT2D eigenvalue weighted by molar-refractivity contribution is 9.10. The maximum absolute atomic E-state index is 11.9. The second-order valence-electron chi connectivity index (χ2n) is 3.24. The molecule has 1 rings (SSSR count). The predicted octanol–water partition coefficient (Wildman–Crippen LogP) is 3.54. The van der Waals surface area contributed by atoms with E-state index in [1.807, 2.05) is 6.92 Å². The van der Waals surface area contributed by atoms with Crippen molar-refractivity contribution in [2.45, 2.75) is 26.1 Å². The third kappa shape index (κ3) is 4.72. The number of rotatable bonds is 4.